The monoisotopic (exact) mass is 431 g/mol. The fraction of sp³-hybridized carbons (Fsp3) is 0.333. The van der Waals surface area contributed by atoms with E-state index in [-0.39, 0.29) is 0 Å². The Morgan fingerprint density at radius 3 is 2.67 bits per heavy atom. The maximum absolute atomic E-state index is 5.60. The number of halogens is 2. The van der Waals surface area contributed by atoms with Gasteiger partial charge in [-0.05, 0) is 68.6 Å². The first-order chi connectivity index (χ1) is 10.2. The van der Waals surface area contributed by atoms with Crippen molar-refractivity contribution in [3.05, 3.63) is 43.0 Å². The highest BCUT2D eigenvalue weighted by atomic mass is 79.9. The van der Waals surface area contributed by atoms with Crippen molar-refractivity contribution in [2.45, 2.75) is 13.0 Å². The normalized spacial score (nSPS) is 13.4. The van der Waals surface area contributed by atoms with Crippen LogP contribution >= 0.6 is 43.2 Å². The molecule has 0 bridgehead atoms. The molecule has 0 saturated heterocycles. The summed E-state index contributed by atoms with van der Waals surface area (Å²) in [4.78, 5) is 1.32. The Morgan fingerprint density at radius 2 is 1.90 bits per heavy atom. The van der Waals surface area contributed by atoms with Crippen LogP contribution in [0.25, 0.3) is 0 Å². The Kier molecular flexibility index (Phi) is 5.21. The molecule has 2 aromatic rings. The number of thiophene rings is 1. The third kappa shape index (κ3) is 4.00. The Morgan fingerprint density at radius 1 is 1.10 bits per heavy atom. The maximum atomic E-state index is 5.60. The summed E-state index contributed by atoms with van der Waals surface area (Å²) in [6.07, 6.45) is 0.977. The van der Waals surface area contributed by atoms with Crippen molar-refractivity contribution in [1.82, 2.24) is 5.32 Å². The lowest BCUT2D eigenvalue weighted by molar-refractivity contribution is 0.171. The number of rotatable bonds is 5. The Hall–Kier alpha value is -0.560. The molecule has 0 spiro atoms. The van der Waals surface area contributed by atoms with Crippen LogP contribution in [0.2, 0.25) is 0 Å². The fourth-order valence-corrected chi connectivity index (χ4v) is 4.31. The number of fused-ring (bicyclic) bond motifs is 1. The topological polar surface area (TPSA) is 30.5 Å². The third-order valence-electron chi connectivity index (χ3n) is 3.19. The second-order valence-electron chi connectivity index (χ2n) is 4.74. The van der Waals surface area contributed by atoms with Gasteiger partial charge in [0.1, 0.15) is 13.2 Å². The molecule has 6 heteroatoms. The van der Waals surface area contributed by atoms with Gasteiger partial charge in [-0.3, -0.25) is 0 Å². The third-order valence-corrected chi connectivity index (χ3v) is 6.45. The summed E-state index contributed by atoms with van der Waals surface area (Å²) >= 11 is 8.77. The minimum atomic E-state index is 0.636. The average Bonchev–Trinajstić information content (AvgIpc) is 2.82. The van der Waals surface area contributed by atoms with Crippen molar-refractivity contribution < 1.29 is 9.47 Å². The molecule has 1 aliphatic rings. The van der Waals surface area contributed by atoms with Crippen LogP contribution in [0.5, 0.6) is 11.5 Å². The molecule has 1 aromatic carbocycles. The summed E-state index contributed by atoms with van der Waals surface area (Å²) in [7, 11) is 0. The molecule has 3 nitrogen and oxygen atoms in total. The van der Waals surface area contributed by atoms with E-state index in [2.05, 4.69) is 55.4 Å². The van der Waals surface area contributed by atoms with Crippen molar-refractivity contribution in [1.29, 1.82) is 0 Å². The van der Waals surface area contributed by atoms with Crippen molar-refractivity contribution in [3.63, 3.8) is 0 Å². The average molecular weight is 433 g/mol. The highest BCUT2D eigenvalue weighted by Crippen LogP contribution is 2.32. The lowest BCUT2D eigenvalue weighted by Crippen LogP contribution is -2.17. The first-order valence-electron chi connectivity index (χ1n) is 6.75. The number of hydrogen-bond acceptors (Lipinski definition) is 4. The predicted molar refractivity (Wildman–Crippen MR) is 92.6 cm³/mol. The first kappa shape index (κ1) is 15.3. The minimum absolute atomic E-state index is 0.636. The van der Waals surface area contributed by atoms with Crippen molar-refractivity contribution in [2.75, 3.05) is 19.8 Å². The molecule has 1 N–H and O–H groups in total. The molecule has 0 unspecified atom stereocenters. The molecule has 2 heterocycles. The molecule has 0 saturated carbocycles. The van der Waals surface area contributed by atoms with E-state index in [0.29, 0.717) is 13.2 Å². The van der Waals surface area contributed by atoms with Crippen molar-refractivity contribution >= 4 is 43.2 Å². The van der Waals surface area contributed by atoms with Crippen LogP contribution in [0.3, 0.4) is 0 Å². The van der Waals surface area contributed by atoms with E-state index in [4.69, 9.17) is 9.47 Å². The smallest absolute Gasteiger partial charge is 0.161 e. The molecule has 1 aromatic heterocycles. The lowest BCUT2D eigenvalue weighted by atomic mass is 10.1. The zero-order valence-electron chi connectivity index (χ0n) is 11.3. The molecule has 0 fully saturated rings. The molecule has 3 rings (SSSR count). The van der Waals surface area contributed by atoms with Crippen LogP contribution in [0.1, 0.15) is 10.4 Å². The van der Waals surface area contributed by atoms with Gasteiger partial charge in [0, 0.05) is 15.9 Å². The van der Waals surface area contributed by atoms with Gasteiger partial charge in [0.15, 0.2) is 11.5 Å². The van der Waals surface area contributed by atoms with Crippen LogP contribution in [-0.2, 0) is 13.0 Å². The number of benzene rings is 1. The van der Waals surface area contributed by atoms with Crippen LogP contribution < -0.4 is 14.8 Å². The molecule has 0 aliphatic carbocycles. The van der Waals surface area contributed by atoms with Gasteiger partial charge < -0.3 is 14.8 Å². The van der Waals surface area contributed by atoms with Gasteiger partial charge in [0.25, 0.3) is 0 Å². The zero-order chi connectivity index (χ0) is 14.7. The summed E-state index contributed by atoms with van der Waals surface area (Å²) < 4.78 is 13.4. The van der Waals surface area contributed by atoms with Crippen LogP contribution in [0.4, 0.5) is 0 Å². The van der Waals surface area contributed by atoms with Crippen LogP contribution in [0, 0.1) is 0 Å². The second-order valence-corrected chi connectivity index (χ2v) is 8.05. The molecule has 21 heavy (non-hydrogen) atoms. The minimum Gasteiger partial charge on any atom is -0.486 e. The van der Waals surface area contributed by atoms with E-state index >= 15 is 0 Å². The first-order valence-corrected chi connectivity index (χ1v) is 9.15. The number of hydrogen-bond donors (Lipinski definition) is 1. The molecule has 0 atom stereocenters. The maximum Gasteiger partial charge on any atom is 0.161 e. The van der Waals surface area contributed by atoms with Gasteiger partial charge in [0.2, 0.25) is 0 Å². The van der Waals surface area contributed by atoms with Gasteiger partial charge in [-0.2, -0.15) is 0 Å². The largest absolute Gasteiger partial charge is 0.486 e. The Labute approximate surface area is 144 Å². The van der Waals surface area contributed by atoms with Gasteiger partial charge >= 0.3 is 0 Å². The van der Waals surface area contributed by atoms with Crippen molar-refractivity contribution in [3.8, 4) is 11.5 Å². The highest BCUT2D eigenvalue weighted by Gasteiger charge is 2.11. The quantitative estimate of drug-likeness (QED) is 0.711. The van der Waals surface area contributed by atoms with Gasteiger partial charge in [-0.15, -0.1) is 11.3 Å². The van der Waals surface area contributed by atoms with Crippen LogP contribution in [0.15, 0.2) is 32.5 Å². The second kappa shape index (κ2) is 7.13. The van der Waals surface area contributed by atoms with E-state index in [1.54, 1.807) is 11.3 Å². The van der Waals surface area contributed by atoms with Crippen LogP contribution in [-0.4, -0.2) is 19.8 Å². The predicted octanol–water partition coefficient (Wildman–Crippen LogP) is 4.38. The molecule has 1 aliphatic heterocycles. The molecule has 112 valence electrons. The summed E-state index contributed by atoms with van der Waals surface area (Å²) in [5, 5.41) is 3.47. The summed E-state index contributed by atoms with van der Waals surface area (Å²) in [5.74, 6) is 1.72. The molecule has 0 radical (unpaired) electrons. The lowest BCUT2D eigenvalue weighted by Gasteiger charge is -2.18. The zero-order valence-corrected chi connectivity index (χ0v) is 15.3. The van der Waals surface area contributed by atoms with E-state index in [1.807, 2.05) is 6.07 Å². The Balaban J connectivity index is 1.49. The van der Waals surface area contributed by atoms with Gasteiger partial charge in [-0.1, -0.05) is 6.07 Å². The molecular weight excluding hydrogens is 418 g/mol. The van der Waals surface area contributed by atoms with E-state index in [9.17, 15) is 0 Å². The molecular formula is C15H15Br2NO2S. The van der Waals surface area contributed by atoms with Crippen molar-refractivity contribution in [2.24, 2.45) is 0 Å². The number of ether oxygens (including phenoxy) is 2. The summed E-state index contributed by atoms with van der Waals surface area (Å²) in [6.45, 7) is 3.10. The van der Waals surface area contributed by atoms with E-state index in [0.717, 1.165) is 39.3 Å². The SMILES string of the molecule is Brc1cc(CNCCc2ccc3c(c2)OCCO3)sc1Br. The fourth-order valence-electron chi connectivity index (χ4n) is 2.17. The standard InChI is InChI=1S/C15H15Br2NO2S/c16-12-8-11(21-15(12)17)9-18-4-3-10-1-2-13-14(7-10)20-6-5-19-13/h1-2,7-8,18H,3-6,9H2. The molecule has 0 amide bonds. The van der Waals surface area contributed by atoms with E-state index in [1.165, 1.54) is 10.4 Å². The van der Waals surface area contributed by atoms with Gasteiger partial charge in [-0.25, -0.2) is 0 Å². The van der Waals surface area contributed by atoms with E-state index < -0.39 is 0 Å². The summed E-state index contributed by atoms with van der Waals surface area (Å²) in [5.41, 5.74) is 1.26. The van der Waals surface area contributed by atoms with Gasteiger partial charge in [0.05, 0.1) is 3.79 Å². The highest BCUT2D eigenvalue weighted by molar-refractivity contribution is 9.13. The Bertz CT molecular complexity index is 611. The number of nitrogens with one attached hydrogen (secondary N) is 1. The summed E-state index contributed by atoms with van der Waals surface area (Å²) in [6, 6.07) is 8.32.